The molecule has 0 bridgehead atoms. The molecule has 0 saturated carbocycles. The number of carboxylic acid groups (broad SMARTS) is 2. The van der Waals surface area contributed by atoms with Gasteiger partial charge in [-0.3, -0.25) is 19.4 Å². The van der Waals surface area contributed by atoms with Gasteiger partial charge < -0.3 is 26.6 Å². The van der Waals surface area contributed by atoms with Crippen LogP contribution in [0.2, 0.25) is 0 Å². The summed E-state index contributed by atoms with van der Waals surface area (Å²) < 4.78 is 0. The van der Waals surface area contributed by atoms with Crippen molar-refractivity contribution in [3.05, 3.63) is 58.8 Å². The molecule has 7 N–H and O–H groups in total. The monoisotopic (exact) mass is 443 g/mol. The summed E-state index contributed by atoms with van der Waals surface area (Å²) >= 11 is 0. The molecular formula is C19H21N7O6. The standard InChI is InChI=1S/C19H21N7O6/c1-2-10(16(29)24-12(18(31)32)5-6-13(27)28)4-3-7-21-8-11-9-22-15-14(23-11)17(30)26-19(20)25-15/h2-4,7,9,12,21H,1,5-6,8H2,(H,24,29)(H,27,28)(H,31,32)(H3,20,22,25,26,30)/b7-3+,10-4+/t12-/m0/s1. The number of rotatable bonds is 11. The molecule has 0 aliphatic heterocycles. The number of nitrogens with one attached hydrogen (secondary N) is 3. The number of aromatic amines is 1. The van der Waals surface area contributed by atoms with Crippen LogP contribution in [-0.4, -0.2) is 54.0 Å². The number of hydrogen-bond donors (Lipinski definition) is 6. The Hall–Kier alpha value is -4.55. The molecule has 2 heterocycles. The van der Waals surface area contributed by atoms with Gasteiger partial charge in [-0.05, 0) is 24.8 Å². The van der Waals surface area contributed by atoms with E-state index in [1.807, 2.05) is 0 Å². The molecule has 168 valence electrons. The summed E-state index contributed by atoms with van der Waals surface area (Å²) in [5.74, 6) is -3.28. The molecular weight excluding hydrogens is 422 g/mol. The topological polar surface area (TPSA) is 213 Å². The van der Waals surface area contributed by atoms with Crippen LogP contribution in [0, 0.1) is 0 Å². The molecule has 0 aliphatic carbocycles. The van der Waals surface area contributed by atoms with Crippen LogP contribution in [0.1, 0.15) is 18.5 Å². The average molecular weight is 443 g/mol. The number of hydrogen-bond acceptors (Lipinski definition) is 9. The van der Waals surface area contributed by atoms with E-state index in [9.17, 15) is 19.2 Å². The first-order valence-corrected chi connectivity index (χ1v) is 9.20. The molecule has 32 heavy (non-hydrogen) atoms. The Morgan fingerprint density at radius 3 is 2.69 bits per heavy atom. The largest absolute Gasteiger partial charge is 0.481 e. The molecule has 0 fully saturated rings. The Morgan fingerprint density at radius 1 is 1.28 bits per heavy atom. The first-order chi connectivity index (χ1) is 15.2. The van der Waals surface area contributed by atoms with Crippen LogP contribution in [0.4, 0.5) is 5.95 Å². The maximum Gasteiger partial charge on any atom is 0.326 e. The smallest absolute Gasteiger partial charge is 0.326 e. The number of anilines is 1. The van der Waals surface area contributed by atoms with E-state index in [2.05, 4.69) is 37.1 Å². The number of nitrogens with two attached hydrogens (primary N) is 1. The summed E-state index contributed by atoms with van der Waals surface area (Å²) in [5, 5.41) is 22.9. The Morgan fingerprint density at radius 2 is 2.03 bits per heavy atom. The minimum atomic E-state index is -1.34. The van der Waals surface area contributed by atoms with E-state index in [1.165, 1.54) is 30.6 Å². The van der Waals surface area contributed by atoms with Gasteiger partial charge in [0, 0.05) is 12.0 Å². The van der Waals surface area contributed by atoms with Crippen LogP contribution >= 0.6 is 0 Å². The van der Waals surface area contributed by atoms with E-state index < -0.39 is 35.9 Å². The van der Waals surface area contributed by atoms with E-state index >= 15 is 0 Å². The first kappa shape index (κ1) is 23.7. The minimum absolute atomic E-state index is 0.0453. The van der Waals surface area contributed by atoms with Crippen LogP contribution in [0.15, 0.2) is 47.6 Å². The Kier molecular flexibility index (Phi) is 8.16. The second kappa shape index (κ2) is 11.0. The number of fused-ring (bicyclic) bond motifs is 1. The van der Waals surface area contributed by atoms with Crippen LogP contribution in [0.3, 0.4) is 0 Å². The van der Waals surface area contributed by atoms with Crippen molar-refractivity contribution in [1.82, 2.24) is 30.6 Å². The zero-order valence-electron chi connectivity index (χ0n) is 16.7. The quantitative estimate of drug-likeness (QED) is 0.191. The highest BCUT2D eigenvalue weighted by Crippen LogP contribution is 2.04. The molecule has 13 nitrogen and oxygen atoms in total. The van der Waals surface area contributed by atoms with Crippen molar-refractivity contribution in [2.45, 2.75) is 25.4 Å². The van der Waals surface area contributed by atoms with Gasteiger partial charge in [-0.1, -0.05) is 12.7 Å². The number of carbonyl (C=O) groups is 3. The lowest BCUT2D eigenvalue weighted by atomic mass is 10.1. The highest BCUT2D eigenvalue weighted by atomic mass is 16.4. The van der Waals surface area contributed by atoms with Crippen molar-refractivity contribution in [2.75, 3.05) is 5.73 Å². The average Bonchev–Trinajstić information content (AvgIpc) is 2.73. The van der Waals surface area contributed by atoms with Crippen molar-refractivity contribution in [3.63, 3.8) is 0 Å². The predicted octanol–water partition coefficient (Wildman–Crippen LogP) is -0.555. The van der Waals surface area contributed by atoms with Crippen molar-refractivity contribution >= 4 is 35.0 Å². The molecule has 1 atom stereocenters. The molecule has 2 aromatic rings. The third-order valence-corrected chi connectivity index (χ3v) is 3.99. The molecule has 0 radical (unpaired) electrons. The molecule has 0 aliphatic rings. The van der Waals surface area contributed by atoms with Crippen LogP contribution in [-0.2, 0) is 20.9 Å². The van der Waals surface area contributed by atoms with E-state index in [0.29, 0.717) is 5.69 Å². The SMILES string of the molecule is C=C/C(=C\C=C\NCc1cnc2nc(N)[nH]c(=O)c2n1)C(=O)N[C@@H](CCC(=O)O)C(=O)O. The van der Waals surface area contributed by atoms with Gasteiger partial charge in [0.1, 0.15) is 6.04 Å². The lowest BCUT2D eigenvalue weighted by Crippen LogP contribution is -2.41. The van der Waals surface area contributed by atoms with Crippen molar-refractivity contribution < 1.29 is 24.6 Å². The second-order valence-corrected chi connectivity index (χ2v) is 6.35. The number of carbonyl (C=O) groups excluding carboxylic acids is 1. The molecule has 2 aromatic heterocycles. The van der Waals surface area contributed by atoms with Crippen molar-refractivity contribution in [2.24, 2.45) is 0 Å². The van der Waals surface area contributed by atoms with Gasteiger partial charge in [0.15, 0.2) is 11.2 Å². The number of amides is 1. The third-order valence-electron chi connectivity index (χ3n) is 3.99. The minimum Gasteiger partial charge on any atom is -0.481 e. The summed E-state index contributed by atoms with van der Waals surface area (Å²) in [7, 11) is 0. The molecule has 0 unspecified atom stereocenters. The number of nitrogens with zero attached hydrogens (tertiary/aromatic N) is 3. The van der Waals surface area contributed by atoms with E-state index in [0.717, 1.165) is 0 Å². The molecule has 0 spiro atoms. The normalized spacial score (nSPS) is 12.4. The van der Waals surface area contributed by atoms with E-state index in [4.69, 9.17) is 15.9 Å². The van der Waals surface area contributed by atoms with E-state index in [-0.39, 0.29) is 35.7 Å². The van der Waals surface area contributed by atoms with Gasteiger partial charge >= 0.3 is 11.9 Å². The number of H-pyrrole nitrogens is 1. The van der Waals surface area contributed by atoms with Crippen LogP contribution < -0.4 is 21.9 Å². The van der Waals surface area contributed by atoms with Gasteiger partial charge in [0.05, 0.1) is 18.4 Å². The number of aromatic nitrogens is 4. The Balaban J connectivity index is 1.97. The zero-order chi connectivity index (χ0) is 23.7. The van der Waals surface area contributed by atoms with Gasteiger partial charge in [-0.25, -0.2) is 14.8 Å². The Labute approximate surface area is 180 Å². The fourth-order valence-electron chi connectivity index (χ4n) is 2.44. The van der Waals surface area contributed by atoms with Crippen LogP contribution in [0.5, 0.6) is 0 Å². The maximum absolute atomic E-state index is 12.2. The fraction of sp³-hybridized carbons (Fsp3) is 0.211. The lowest BCUT2D eigenvalue weighted by molar-refractivity contribution is -0.142. The summed E-state index contributed by atoms with van der Waals surface area (Å²) in [4.78, 5) is 60.3. The highest BCUT2D eigenvalue weighted by molar-refractivity contribution is 5.98. The highest BCUT2D eigenvalue weighted by Gasteiger charge is 2.21. The van der Waals surface area contributed by atoms with E-state index in [1.54, 1.807) is 0 Å². The molecule has 13 heteroatoms. The molecule has 0 aromatic carbocycles. The predicted molar refractivity (Wildman–Crippen MR) is 113 cm³/mol. The lowest BCUT2D eigenvalue weighted by Gasteiger charge is -2.13. The molecule has 0 saturated heterocycles. The Bertz CT molecular complexity index is 1150. The summed E-state index contributed by atoms with van der Waals surface area (Å²) in [6.07, 6.45) is 6.36. The number of nitrogen functional groups attached to an aromatic ring is 1. The van der Waals surface area contributed by atoms with Gasteiger partial charge in [0.25, 0.3) is 11.5 Å². The van der Waals surface area contributed by atoms with Gasteiger partial charge in [-0.15, -0.1) is 0 Å². The number of carboxylic acids is 2. The molecule has 1 amide bonds. The fourth-order valence-corrected chi connectivity index (χ4v) is 2.44. The third kappa shape index (κ3) is 6.76. The van der Waals surface area contributed by atoms with Crippen molar-refractivity contribution in [1.29, 1.82) is 0 Å². The molecule has 2 rings (SSSR count). The maximum atomic E-state index is 12.2. The first-order valence-electron chi connectivity index (χ1n) is 9.20. The second-order valence-electron chi connectivity index (χ2n) is 6.35. The zero-order valence-corrected chi connectivity index (χ0v) is 16.7. The van der Waals surface area contributed by atoms with Gasteiger partial charge in [-0.2, -0.15) is 4.98 Å². The van der Waals surface area contributed by atoms with Crippen LogP contribution in [0.25, 0.3) is 11.2 Å². The summed E-state index contributed by atoms with van der Waals surface area (Å²) in [5.41, 5.74) is 5.64. The summed E-state index contributed by atoms with van der Waals surface area (Å²) in [6, 6.07) is -1.34. The number of allylic oxidation sites excluding steroid dienone is 2. The van der Waals surface area contributed by atoms with Gasteiger partial charge in [0.2, 0.25) is 5.95 Å². The summed E-state index contributed by atoms with van der Waals surface area (Å²) in [6.45, 7) is 3.72. The van der Waals surface area contributed by atoms with Crippen molar-refractivity contribution in [3.8, 4) is 0 Å². The number of aliphatic carboxylic acids is 2.